The summed E-state index contributed by atoms with van der Waals surface area (Å²) in [5, 5.41) is 4.10. The first-order chi connectivity index (χ1) is 12.6. The molecule has 0 aliphatic rings. The molecule has 2 rings (SSSR count). The molecule has 0 bridgehead atoms. The van der Waals surface area contributed by atoms with Gasteiger partial charge in [0, 0.05) is 27.7 Å². The minimum Gasteiger partial charge on any atom is -0.267 e. The van der Waals surface area contributed by atoms with Crippen LogP contribution in [-0.2, 0) is 0 Å². The molecule has 2 amide bonds. The number of nitrogens with zero attached hydrogens (tertiary/aromatic N) is 2. The van der Waals surface area contributed by atoms with Gasteiger partial charge in [0.25, 0.3) is 11.8 Å². The molecule has 0 saturated carbocycles. The molecule has 0 atom stereocenters. The van der Waals surface area contributed by atoms with Crippen LogP contribution in [0.25, 0.3) is 0 Å². The van der Waals surface area contributed by atoms with E-state index in [-0.39, 0.29) is 11.8 Å². The van der Waals surface area contributed by atoms with E-state index in [1.54, 1.807) is 42.5 Å². The van der Waals surface area contributed by atoms with Crippen molar-refractivity contribution in [3.63, 3.8) is 0 Å². The van der Waals surface area contributed by atoms with Crippen LogP contribution < -0.4 is 0 Å². The molecule has 4 nitrogen and oxygen atoms in total. The van der Waals surface area contributed by atoms with Gasteiger partial charge in [-0.25, -0.2) is 10.0 Å². The third-order valence-corrected chi connectivity index (χ3v) is 4.60. The zero-order valence-corrected chi connectivity index (χ0v) is 17.7. The third-order valence-electron chi connectivity index (χ3n) is 4.11. The summed E-state index contributed by atoms with van der Waals surface area (Å²) in [6.07, 6.45) is 0. The predicted molar refractivity (Wildman–Crippen MR) is 110 cm³/mol. The second kappa shape index (κ2) is 8.32. The lowest BCUT2D eigenvalue weighted by Gasteiger charge is -2.43. The van der Waals surface area contributed by atoms with E-state index in [1.807, 2.05) is 34.6 Å². The molecule has 0 aromatic heterocycles. The molecule has 0 fully saturated rings. The van der Waals surface area contributed by atoms with Crippen LogP contribution in [0, 0.1) is 6.92 Å². The maximum Gasteiger partial charge on any atom is 0.273 e. The second-order valence-electron chi connectivity index (χ2n) is 7.27. The maximum absolute atomic E-state index is 13.4. The van der Waals surface area contributed by atoms with Gasteiger partial charge < -0.3 is 0 Å². The zero-order valence-electron chi connectivity index (χ0n) is 16.2. The van der Waals surface area contributed by atoms with Crippen molar-refractivity contribution in [3.8, 4) is 0 Å². The highest BCUT2D eigenvalue weighted by Gasteiger charge is 2.35. The van der Waals surface area contributed by atoms with E-state index in [2.05, 4.69) is 0 Å². The average molecular weight is 407 g/mol. The van der Waals surface area contributed by atoms with Gasteiger partial charge in [-0.2, -0.15) is 0 Å². The fourth-order valence-corrected chi connectivity index (χ4v) is 3.23. The fourth-order valence-electron chi connectivity index (χ4n) is 2.87. The van der Waals surface area contributed by atoms with Crippen LogP contribution in [0.4, 0.5) is 0 Å². The molecule has 144 valence electrons. The van der Waals surface area contributed by atoms with Crippen molar-refractivity contribution in [2.45, 2.75) is 40.2 Å². The Bertz CT molecular complexity index is 842. The highest BCUT2D eigenvalue weighted by atomic mass is 35.5. The quantitative estimate of drug-likeness (QED) is 0.620. The molecule has 27 heavy (non-hydrogen) atoms. The summed E-state index contributed by atoms with van der Waals surface area (Å²) in [7, 11) is 0. The number of hydrogen-bond acceptors (Lipinski definition) is 2. The first-order valence-corrected chi connectivity index (χ1v) is 9.50. The molecule has 0 spiro atoms. The number of carbonyl (C=O) groups is 2. The van der Waals surface area contributed by atoms with Gasteiger partial charge >= 0.3 is 0 Å². The minimum atomic E-state index is -0.610. The monoisotopic (exact) mass is 406 g/mol. The van der Waals surface area contributed by atoms with Gasteiger partial charge in [0.15, 0.2) is 0 Å². The van der Waals surface area contributed by atoms with Gasteiger partial charge in [0.2, 0.25) is 0 Å². The number of hydrazine groups is 1. The van der Waals surface area contributed by atoms with Crippen molar-refractivity contribution < 1.29 is 9.59 Å². The Kier molecular flexibility index (Phi) is 6.55. The summed E-state index contributed by atoms with van der Waals surface area (Å²) in [5.41, 5.74) is 1.13. The third kappa shape index (κ3) is 4.82. The van der Waals surface area contributed by atoms with E-state index in [1.165, 1.54) is 10.0 Å². The predicted octanol–water partition coefficient (Wildman–Crippen LogP) is 5.62. The Hall–Kier alpha value is -2.04. The normalized spacial score (nSPS) is 11.2. The number of rotatable bonds is 3. The van der Waals surface area contributed by atoms with Gasteiger partial charge in [0.1, 0.15) is 0 Å². The van der Waals surface area contributed by atoms with Gasteiger partial charge in [-0.05, 0) is 82.6 Å². The highest BCUT2D eigenvalue weighted by Crippen LogP contribution is 2.25. The molecule has 0 aliphatic carbocycles. The standard InChI is InChI=1S/C21H24Cl2N2O2/c1-6-24(19(26)15-7-9-16(22)10-8-15)25(21(3,4)5)20(27)18-12-11-17(23)13-14(18)2/h7-13H,6H2,1-5H3. The van der Waals surface area contributed by atoms with Crippen LogP contribution in [0.5, 0.6) is 0 Å². The van der Waals surface area contributed by atoms with E-state index in [0.717, 1.165) is 5.56 Å². The van der Waals surface area contributed by atoms with Crippen molar-refractivity contribution in [2.24, 2.45) is 0 Å². The molecule has 2 aromatic carbocycles. The van der Waals surface area contributed by atoms with Crippen LogP contribution >= 0.6 is 23.2 Å². The fraction of sp³-hybridized carbons (Fsp3) is 0.333. The van der Waals surface area contributed by atoms with Crippen LogP contribution in [0.1, 0.15) is 54.0 Å². The van der Waals surface area contributed by atoms with E-state index < -0.39 is 5.54 Å². The van der Waals surface area contributed by atoms with Crippen molar-refractivity contribution in [3.05, 3.63) is 69.2 Å². The Morgan fingerprint density at radius 1 is 0.926 bits per heavy atom. The Morgan fingerprint density at radius 3 is 1.96 bits per heavy atom. The molecule has 2 aromatic rings. The lowest BCUT2D eigenvalue weighted by atomic mass is 10.0. The van der Waals surface area contributed by atoms with Crippen LogP contribution in [-0.4, -0.2) is 33.9 Å². The van der Waals surface area contributed by atoms with Gasteiger partial charge in [-0.3, -0.25) is 9.59 Å². The molecule has 6 heteroatoms. The molecule has 0 N–H and O–H groups in total. The smallest absolute Gasteiger partial charge is 0.267 e. The number of hydrogen-bond donors (Lipinski definition) is 0. The van der Waals surface area contributed by atoms with Gasteiger partial charge in [-0.1, -0.05) is 23.2 Å². The van der Waals surface area contributed by atoms with E-state index in [0.29, 0.717) is 27.7 Å². The number of halogens is 2. The number of benzene rings is 2. The SMILES string of the molecule is CCN(C(=O)c1ccc(Cl)cc1)N(C(=O)c1ccc(Cl)cc1C)C(C)(C)C. The molecular formula is C21H24Cl2N2O2. The highest BCUT2D eigenvalue weighted by molar-refractivity contribution is 6.31. The summed E-state index contributed by atoms with van der Waals surface area (Å²) in [6.45, 7) is 9.71. The first kappa shape index (κ1) is 21.3. The van der Waals surface area contributed by atoms with Crippen molar-refractivity contribution >= 4 is 35.0 Å². The van der Waals surface area contributed by atoms with Crippen LogP contribution in [0.15, 0.2) is 42.5 Å². The topological polar surface area (TPSA) is 40.6 Å². The van der Waals surface area contributed by atoms with Gasteiger partial charge in [0.05, 0.1) is 5.54 Å². The Labute approximate surface area is 170 Å². The van der Waals surface area contributed by atoms with Gasteiger partial charge in [-0.15, -0.1) is 0 Å². The second-order valence-corrected chi connectivity index (χ2v) is 8.15. The van der Waals surface area contributed by atoms with E-state index in [4.69, 9.17) is 23.2 Å². The summed E-state index contributed by atoms with van der Waals surface area (Å²) >= 11 is 11.9. The zero-order chi connectivity index (χ0) is 20.4. The first-order valence-electron chi connectivity index (χ1n) is 8.74. The van der Waals surface area contributed by atoms with E-state index in [9.17, 15) is 9.59 Å². The average Bonchev–Trinajstić information content (AvgIpc) is 2.58. The lowest BCUT2D eigenvalue weighted by Crippen LogP contribution is -2.58. The number of aryl methyl sites for hydroxylation is 1. The van der Waals surface area contributed by atoms with Crippen LogP contribution in [0.2, 0.25) is 10.0 Å². The summed E-state index contributed by atoms with van der Waals surface area (Å²) in [5.74, 6) is -0.509. The maximum atomic E-state index is 13.4. The molecule has 0 heterocycles. The van der Waals surface area contributed by atoms with Crippen molar-refractivity contribution in [1.29, 1.82) is 0 Å². The van der Waals surface area contributed by atoms with Crippen molar-refractivity contribution in [1.82, 2.24) is 10.0 Å². The molecule has 0 radical (unpaired) electrons. The number of carbonyl (C=O) groups excluding carboxylic acids is 2. The summed E-state index contributed by atoms with van der Waals surface area (Å²) < 4.78 is 0. The largest absolute Gasteiger partial charge is 0.273 e. The lowest BCUT2D eigenvalue weighted by molar-refractivity contribution is -0.0411. The molecule has 0 aliphatic heterocycles. The summed E-state index contributed by atoms with van der Waals surface area (Å²) in [6, 6.07) is 11.8. The minimum absolute atomic E-state index is 0.249. The Balaban J connectivity index is 2.48. The molecular weight excluding hydrogens is 383 g/mol. The molecule has 0 saturated heterocycles. The van der Waals surface area contributed by atoms with Crippen LogP contribution in [0.3, 0.4) is 0 Å². The molecule has 0 unspecified atom stereocenters. The number of amides is 2. The summed E-state index contributed by atoms with van der Waals surface area (Å²) in [4.78, 5) is 26.5. The van der Waals surface area contributed by atoms with E-state index >= 15 is 0 Å². The van der Waals surface area contributed by atoms with Crippen molar-refractivity contribution in [2.75, 3.05) is 6.54 Å². The Morgan fingerprint density at radius 2 is 1.48 bits per heavy atom.